The largest absolute Gasteiger partial charge is 0.313 e. The summed E-state index contributed by atoms with van der Waals surface area (Å²) in [7, 11) is 0. The van der Waals surface area contributed by atoms with Crippen molar-refractivity contribution in [3.05, 3.63) is 40.1 Å². The third-order valence-electron chi connectivity index (χ3n) is 2.38. The van der Waals surface area contributed by atoms with Gasteiger partial charge in [-0.2, -0.15) is 0 Å². The van der Waals surface area contributed by atoms with Gasteiger partial charge in [-0.1, -0.05) is 45.7 Å². The highest BCUT2D eigenvalue weighted by atomic mass is 79.9. The van der Waals surface area contributed by atoms with Crippen LogP contribution in [0.2, 0.25) is 5.15 Å². The summed E-state index contributed by atoms with van der Waals surface area (Å²) >= 11 is 9.66. The highest BCUT2D eigenvalue weighted by Crippen LogP contribution is 2.31. The minimum absolute atomic E-state index is 0.289. The van der Waals surface area contributed by atoms with Crippen molar-refractivity contribution in [2.24, 2.45) is 0 Å². The Bertz CT molecular complexity index is 505. The van der Waals surface area contributed by atoms with E-state index in [9.17, 15) is 0 Å². The molecule has 1 aromatic heterocycles. The van der Waals surface area contributed by atoms with E-state index in [1.807, 2.05) is 28.8 Å². The van der Waals surface area contributed by atoms with Crippen LogP contribution in [0.1, 0.15) is 19.9 Å². The Kier molecular flexibility index (Phi) is 3.36. The van der Waals surface area contributed by atoms with E-state index in [2.05, 4.69) is 34.8 Å². The summed E-state index contributed by atoms with van der Waals surface area (Å²) in [5.74, 6) is 0.896. The van der Waals surface area contributed by atoms with Crippen molar-refractivity contribution in [1.29, 1.82) is 0 Å². The number of benzene rings is 1. The highest BCUT2D eigenvalue weighted by Gasteiger charge is 2.14. The lowest BCUT2D eigenvalue weighted by atomic mass is 10.2. The van der Waals surface area contributed by atoms with Gasteiger partial charge in [0.25, 0.3) is 0 Å². The minimum atomic E-state index is 0.289. The van der Waals surface area contributed by atoms with Crippen LogP contribution in [0.25, 0.3) is 11.4 Å². The van der Waals surface area contributed by atoms with Gasteiger partial charge in [0.1, 0.15) is 11.0 Å². The maximum absolute atomic E-state index is 6.13. The summed E-state index contributed by atoms with van der Waals surface area (Å²) in [6, 6.07) is 8.30. The molecule has 4 heteroatoms. The summed E-state index contributed by atoms with van der Waals surface area (Å²) in [6.45, 7) is 4.18. The highest BCUT2D eigenvalue weighted by molar-refractivity contribution is 9.10. The summed E-state index contributed by atoms with van der Waals surface area (Å²) in [5.41, 5.74) is 1.06. The van der Waals surface area contributed by atoms with E-state index in [1.54, 1.807) is 6.20 Å². The van der Waals surface area contributed by atoms with E-state index < -0.39 is 0 Å². The smallest absolute Gasteiger partial charge is 0.142 e. The Morgan fingerprint density at radius 2 is 2.00 bits per heavy atom. The molecule has 16 heavy (non-hydrogen) atoms. The molecule has 0 radical (unpaired) electrons. The van der Waals surface area contributed by atoms with E-state index in [1.165, 1.54) is 0 Å². The van der Waals surface area contributed by atoms with Crippen LogP contribution >= 0.6 is 27.5 Å². The van der Waals surface area contributed by atoms with Crippen LogP contribution in [-0.4, -0.2) is 9.55 Å². The SMILES string of the molecule is CC(C)n1c(Cl)cnc1-c1ccccc1Br. The molecule has 0 aliphatic heterocycles. The van der Waals surface area contributed by atoms with Gasteiger partial charge in [-0.3, -0.25) is 0 Å². The molecule has 0 unspecified atom stereocenters. The molecule has 1 aromatic carbocycles. The first kappa shape index (κ1) is 11.7. The Hall–Kier alpha value is -0.800. The molecule has 0 saturated carbocycles. The fraction of sp³-hybridized carbons (Fsp3) is 0.250. The second kappa shape index (κ2) is 4.60. The molecule has 0 N–H and O–H groups in total. The molecule has 2 nitrogen and oxygen atoms in total. The summed E-state index contributed by atoms with van der Waals surface area (Å²) in [5, 5.41) is 0.667. The van der Waals surface area contributed by atoms with Crippen molar-refractivity contribution in [2.75, 3.05) is 0 Å². The molecule has 0 amide bonds. The molecule has 0 atom stereocenters. The fourth-order valence-corrected chi connectivity index (χ4v) is 2.46. The van der Waals surface area contributed by atoms with E-state index in [0.29, 0.717) is 5.15 Å². The number of hydrogen-bond acceptors (Lipinski definition) is 1. The quantitative estimate of drug-likeness (QED) is 0.795. The number of imidazole rings is 1. The number of hydrogen-bond donors (Lipinski definition) is 0. The van der Waals surface area contributed by atoms with Crippen LogP contribution in [0.4, 0.5) is 0 Å². The van der Waals surface area contributed by atoms with E-state index >= 15 is 0 Å². The van der Waals surface area contributed by atoms with Crippen LogP contribution in [0.3, 0.4) is 0 Å². The summed E-state index contributed by atoms with van der Waals surface area (Å²) < 4.78 is 3.04. The van der Waals surface area contributed by atoms with E-state index in [-0.39, 0.29) is 6.04 Å². The normalized spacial score (nSPS) is 11.1. The standard InChI is InChI=1S/C12H12BrClN2/c1-8(2)16-11(14)7-15-12(16)9-5-3-4-6-10(9)13/h3-8H,1-2H3. The molecular weight excluding hydrogens is 288 g/mol. The van der Waals surface area contributed by atoms with Gasteiger partial charge in [0, 0.05) is 16.1 Å². The van der Waals surface area contributed by atoms with Crippen molar-refractivity contribution in [1.82, 2.24) is 9.55 Å². The Morgan fingerprint density at radius 1 is 1.31 bits per heavy atom. The minimum Gasteiger partial charge on any atom is -0.313 e. The van der Waals surface area contributed by atoms with Gasteiger partial charge in [-0.15, -0.1) is 0 Å². The van der Waals surface area contributed by atoms with Gasteiger partial charge in [-0.25, -0.2) is 4.98 Å². The number of halogens is 2. The average Bonchev–Trinajstić information content (AvgIpc) is 2.61. The third kappa shape index (κ3) is 2.02. The fourth-order valence-electron chi connectivity index (χ4n) is 1.67. The maximum Gasteiger partial charge on any atom is 0.142 e. The van der Waals surface area contributed by atoms with Crippen LogP contribution < -0.4 is 0 Å². The first-order chi connectivity index (χ1) is 7.61. The van der Waals surface area contributed by atoms with Gasteiger partial charge in [0.05, 0.1) is 6.20 Å². The number of nitrogens with zero attached hydrogens (tertiary/aromatic N) is 2. The first-order valence-electron chi connectivity index (χ1n) is 5.09. The molecule has 0 aliphatic carbocycles. The monoisotopic (exact) mass is 298 g/mol. The Balaban J connectivity index is 2.61. The second-order valence-corrected chi connectivity index (χ2v) is 5.09. The molecule has 2 rings (SSSR count). The molecule has 0 aliphatic rings. The van der Waals surface area contributed by atoms with Gasteiger partial charge >= 0.3 is 0 Å². The number of rotatable bonds is 2. The lowest BCUT2D eigenvalue weighted by Crippen LogP contribution is -2.03. The maximum atomic E-state index is 6.13. The van der Waals surface area contributed by atoms with Crippen LogP contribution in [0.15, 0.2) is 34.9 Å². The predicted molar refractivity (Wildman–Crippen MR) is 70.8 cm³/mol. The van der Waals surface area contributed by atoms with Crippen molar-refractivity contribution in [3.63, 3.8) is 0 Å². The van der Waals surface area contributed by atoms with Crippen molar-refractivity contribution >= 4 is 27.5 Å². The molecule has 1 heterocycles. The van der Waals surface area contributed by atoms with Crippen molar-refractivity contribution < 1.29 is 0 Å². The molecule has 0 bridgehead atoms. The topological polar surface area (TPSA) is 17.8 Å². The van der Waals surface area contributed by atoms with Crippen molar-refractivity contribution in [3.8, 4) is 11.4 Å². The average molecular weight is 300 g/mol. The first-order valence-corrected chi connectivity index (χ1v) is 6.26. The molecule has 84 valence electrons. The van der Waals surface area contributed by atoms with E-state index in [0.717, 1.165) is 15.9 Å². The van der Waals surface area contributed by atoms with Crippen LogP contribution in [0.5, 0.6) is 0 Å². The lowest BCUT2D eigenvalue weighted by molar-refractivity contribution is 0.607. The zero-order valence-corrected chi connectivity index (χ0v) is 11.5. The second-order valence-electron chi connectivity index (χ2n) is 3.85. The lowest BCUT2D eigenvalue weighted by Gasteiger charge is -2.13. The number of aromatic nitrogens is 2. The zero-order chi connectivity index (χ0) is 11.7. The third-order valence-corrected chi connectivity index (χ3v) is 3.35. The zero-order valence-electron chi connectivity index (χ0n) is 9.11. The van der Waals surface area contributed by atoms with Gasteiger partial charge in [-0.05, 0) is 19.9 Å². The van der Waals surface area contributed by atoms with Gasteiger partial charge in [0.15, 0.2) is 0 Å². The molecule has 2 aromatic rings. The summed E-state index contributed by atoms with van der Waals surface area (Å²) in [4.78, 5) is 4.37. The summed E-state index contributed by atoms with van der Waals surface area (Å²) in [6.07, 6.45) is 1.69. The molecule has 0 saturated heterocycles. The van der Waals surface area contributed by atoms with Gasteiger partial charge in [0.2, 0.25) is 0 Å². The van der Waals surface area contributed by atoms with E-state index in [4.69, 9.17) is 11.6 Å². The molecule has 0 fully saturated rings. The molecule has 0 spiro atoms. The van der Waals surface area contributed by atoms with Gasteiger partial charge < -0.3 is 4.57 Å². The predicted octanol–water partition coefficient (Wildman–Crippen LogP) is 4.55. The Morgan fingerprint density at radius 3 is 2.62 bits per heavy atom. The molecular formula is C12H12BrClN2. The Labute approximate surface area is 108 Å². The van der Waals surface area contributed by atoms with Crippen LogP contribution in [-0.2, 0) is 0 Å². The van der Waals surface area contributed by atoms with Crippen LogP contribution in [0, 0.1) is 0 Å². The van der Waals surface area contributed by atoms with Crippen molar-refractivity contribution in [2.45, 2.75) is 19.9 Å².